The molecule has 1 aromatic carbocycles. The Bertz CT molecular complexity index is 670. The highest BCUT2D eigenvalue weighted by atomic mass is 32.2. The highest BCUT2D eigenvalue weighted by Crippen LogP contribution is 2.22. The molecular weight excluding hydrogens is 320 g/mol. The number of hydrogen-bond donors (Lipinski definition) is 1. The van der Waals surface area contributed by atoms with Crippen LogP contribution in [-0.2, 0) is 10.0 Å². The fourth-order valence-electron chi connectivity index (χ4n) is 1.98. The molecule has 0 aliphatic heterocycles. The van der Waals surface area contributed by atoms with Gasteiger partial charge in [0.25, 0.3) is 5.69 Å². The van der Waals surface area contributed by atoms with Gasteiger partial charge in [0.05, 0.1) is 11.0 Å². The predicted molar refractivity (Wildman–Crippen MR) is 85.2 cm³/mol. The van der Waals surface area contributed by atoms with E-state index in [0.29, 0.717) is 19.4 Å². The van der Waals surface area contributed by atoms with Crippen molar-refractivity contribution in [2.45, 2.75) is 24.2 Å². The molecule has 8 nitrogen and oxygen atoms in total. The van der Waals surface area contributed by atoms with Crippen LogP contribution >= 0.6 is 0 Å². The normalized spacial score (nSPS) is 11.3. The molecule has 0 bridgehead atoms. The number of hydrogen-bond acceptors (Lipinski definition) is 6. The van der Waals surface area contributed by atoms with Crippen LogP contribution in [0.25, 0.3) is 0 Å². The minimum Gasteiger partial charge on any atom is -0.305 e. The van der Waals surface area contributed by atoms with Gasteiger partial charge in [-0.3, -0.25) is 10.1 Å². The number of sulfonamides is 1. The SMILES string of the molecule is CN(CCC#N)CCCCNS(=O)(=O)c1ccccc1[N+](=O)[O-]. The number of rotatable bonds is 10. The summed E-state index contributed by atoms with van der Waals surface area (Å²) in [5, 5.41) is 19.4. The number of nitriles is 1. The van der Waals surface area contributed by atoms with Gasteiger partial charge >= 0.3 is 0 Å². The molecule has 0 fully saturated rings. The van der Waals surface area contributed by atoms with Gasteiger partial charge in [0.2, 0.25) is 10.0 Å². The molecular formula is C14H20N4O4S. The van der Waals surface area contributed by atoms with Crippen molar-refractivity contribution in [2.75, 3.05) is 26.7 Å². The van der Waals surface area contributed by atoms with Crippen LogP contribution < -0.4 is 4.72 Å². The van der Waals surface area contributed by atoms with Crippen molar-refractivity contribution >= 4 is 15.7 Å². The van der Waals surface area contributed by atoms with E-state index in [-0.39, 0.29) is 11.4 Å². The fraction of sp³-hybridized carbons (Fsp3) is 0.500. The third kappa shape index (κ3) is 6.32. The second-order valence-electron chi connectivity index (χ2n) is 5.04. The summed E-state index contributed by atoms with van der Waals surface area (Å²) in [7, 11) is -2.00. The van der Waals surface area contributed by atoms with E-state index in [4.69, 9.17) is 5.26 Å². The first-order valence-electron chi connectivity index (χ1n) is 7.17. The topological polar surface area (TPSA) is 116 Å². The van der Waals surface area contributed by atoms with Crippen molar-refractivity contribution in [1.29, 1.82) is 5.26 Å². The second kappa shape index (κ2) is 9.19. The lowest BCUT2D eigenvalue weighted by Crippen LogP contribution is -2.27. The fourth-order valence-corrected chi connectivity index (χ4v) is 3.22. The lowest BCUT2D eigenvalue weighted by Gasteiger charge is -2.14. The lowest BCUT2D eigenvalue weighted by molar-refractivity contribution is -0.387. The van der Waals surface area contributed by atoms with Crippen LogP contribution in [0.5, 0.6) is 0 Å². The molecule has 126 valence electrons. The summed E-state index contributed by atoms with van der Waals surface area (Å²) in [6, 6.07) is 7.32. The third-order valence-corrected chi connectivity index (χ3v) is 4.72. The molecule has 0 atom stereocenters. The van der Waals surface area contributed by atoms with Crippen LogP contribution in [0.3, 0.4) is 0 Å². The Labute approximate surface area is 135 Å². The first-order chi connectivity index (χ1) is 10.9. The Morgan fingerprint density at radius 2 is 2.00 bits per heavy atom. The summed E-state index contributed by atoms with van der Waals surface area (Å²) in [5.41, 5.74) is -0.434. The van der Waals surface area contributed by atoms with Gasteiger partial charge in [-0.05, 0) is 32.5 Å². The smallest absolute Gasteiger partial charge is 0.289 e. The quantitative estimate of drug-likeness (QED) is 0.392. The van der Waals surface area contributed by atoms with Gasteiger partial charge in [-0.25, -0.2) is 13.1 Å². The van der Waals surface area contributed by atoms with E-state index in [1.807, 2.05) is 11.9 Å². The van der Waals surface area contributed by atoms with Crippen LogP contribution in [0.4, 0.5) is 5.69 Å². The van der Waals surface area contributed by atoms with Crippen LogP contribution in [-0.4, -0.2) is 44.9 Å². The van der Waals surface area contributed by atoms with Gasteiger partial charge in [-0.15, -0.1) is 0 Å². The Balaban J connectivity index is 2.49. The maximum atomic E-state index is 12.1. The number of benzene rings is 1. The Morgan fingerprint density at radius 3 is 2.65 bits per heavy atom. The Kier molecular flexibility index (Phi) is 7.61. The Morgan fingerprint density at radius 1 is 1.30 bits per heavy atom. The minimum absolute atomic E-state index is 0.209. The zero-order valence-electron chi connectivity index (χ0n) is 12.9. The Hall–Kier alpha value is -2.02. The largest absolute Gasteiger partial charge is 0.305 e. The molecule has 1 N–H and O–H groups in total. The molecule has 0 aliphatic carbocycles. The highest BCUT2D eigenvalue weighted by molar-refractivity contribution is 7.89. The summed E-state index contributed by atoms with van der Waals surface area (Å²) in [4.78, 5) is 11.9. The van der Waals surface area contributed by atoms with Gasteiger partial charge in [-0.2, -0.15) is 5.26 Å². The van der Waals surface area contributed by atoms with Gasteiger partial charge in [0.1, 0.15) is 0 Å². The van der Waals surface area contributed by atoms with Crippen LogP contribution in [0.15, 0.2) is 29.2 Å². The molecule has 1 rings (SSSR count). The van der Waals surface area contributed by atoms with Crippen molar-refractivity contribution in [3.05, 3.63) is 34.4 Å². The van der Waals surface area contributed by atoms with Gasteiger partial charge in [-0.1, -0.05) is 12.1 Å². The average molecular weight is 340 g/mol. The molecule has 0 saturated carbocycles. The van der Waals surface area contributed by atoms with Gasteiger partial charge in [0.15, 0.2) is 4.90 Å². The molecule has 0 heterocycles. The zero-order valence-corrected chi connectivity index (χ0v) is 13.8. The van der Waals surface area contributed by atoms with E-state index in [0.717, 1.165) is 13.0 Å². The summed E-state index contributed by atoms with van der Waals surface area (Å²) < 4.78 is 26.7. The van der Waals surface area contributed by atoms with E-state index in [1.54, 1.807) is 0 Å². The minimum atomic E-state index is -3.90. The lowest BCUT2D eigenvalue weighted by atomic mass is 10.3. The van der Waals surface area contributed by atoms with E-state index in [9.17, 15) is 18.5 Å². The molecule has 0 spiro atoms. The van der Waals surface area contributed by atoms with Crippen molar-refractivity contribution < 1.29 is 13.3 Å². The molecule has 0 unspecified atom stereocenters. The van der Waals surface area contributed by atoms with E-state index >= 15 is 0 Å². The van der Waals surface area contributed by atoms with Crippen LogP contribution in [0.1, 0.15) is 19.3 Å². The molecule has 9 heteroatoms. The zero-order chi connectivity index (χ0) is 17.3. The standard InChI is InChI=1S/C14H20N4O4S/c1-17(12-6-9-15)11-5-4-10-16-23(21,22)14-8-3-2-7-13(14)18(19)20/h2-3,7-8,16H,4-6,10-12H2,1H3. The average Bonchev–Trinajstić information content (AvgIpc) is 2.52. The number of nitrogens with zero attached hydrogens (tertiary/aromatic N) is 3. The molecule has 0 radical (unpaired) electrons. The molecule has 0 saturated heterocycles. The molecule has 23 heavy (non-hydrogen) atoms. The molecule has 0 aromatic heterocycles. The number of para-hydroxylation sites is 1. The maximum Gasteiger partial charge on any atom is 0.289 e. The van der Waals surface area contributed by atoms with Crippen molar-refractivity contribution in [3.8, 4) is 6.07 Å². The van der Waals surface area contributed by atoms with E-state index in [2.05, 4.69) is 10.8 Å². The van der Waals surface area contributed by atoms with Gasteiger partial charge in [0, 0.05) is 25.6 Å². The summed E-state index contributed by atoms with van der Waals surface area (Å²) in [6.07, 6.45) is 1.83. The highest BCUT2D eigenvalue weighted by Gasteiger charge is 2.24. The van der Waals surface area contributed by atoms with Crippen molar-refractivity contribution in [2.24, 2.45) is 0 Å². The van der Waals surface area contributed by atoms with E-state index < -0.39 is 20.6 Å². The number of nitro benzene ring substituents is 1. The second-order valence-corrected chi connectivity index (χ2v) is 6.78. The number of nitrogens with one attached hydrogen (secondary N) is 1. The third-order valence-electron chi connectivity index (χ3n) is 3.22. The van der Waals surface area contributed by atoms with Crippen molar-refractivity contribution in [1.82, 2.24) is 9.62 Å². The van der Waals surface area contributed by atoms with Gasteiger partial charge < -0.3 is 4.90 Å². The first kappa shape index (κ1) is 19.0. The number of unbranched alkanes of at least 4 members (excludes halogenated alkanes) is 1. The maximum absolute atomic E-state index is 12.1. The molecule has 0 aliphatic rings. The van der Waals surface area contributed by atoms with E-state index in [1.165, 1.54) is 24.3 Å². The van der Waals surface area contributed by atoms with Crippen molar-refractivity contribution in [3.63, 3.8) is 0 Å². The summed E-state index contributed by atoms with van der Waals surface area (Å²) >= 11 is 0. The molecule has 1 aromatic rings. The molecule has 0 amide bonds. The predicted octanol–water partition coefficient (Wildman–Crippen LogP) is 1.50. The summed E-state index contributed by atoms with van der Waals surface area (Å²) in [6.45, 7) is 1.65. The first-order valence-corrected chi connectivity index (χ1v) is 8.65. The number of nitro groups is 1. The van der Waals surface area contributed by atoms with Crippen LogP contribution in [0.2, 0.25) is 0 Å². The monoisotopic (exact) mass is 340 g/mol. The summed E-state index contributed by atoms with van der Waals surface area (Å²) in [5.74, 6) is 0. The van der Waals surface area contributed by atoms with Crippen LogP contribution in [0, 0.1) is 21.4 Å².